The van der Waals surface area contributed by atoms with Crippen molar-refractivity contribution in [1.82, 2.24) is 20.0 Å². The van der Waals surface area contributed by atoms with E-state index in [1.165, 1.54) is 44.4 Å². The zero-order chi connectivity index (χ0) is 33.0. The quantitative estimate of drug-likeness (QED) is 0.147. The van der Waals surface area contributed by atoms with Gasteiger partial charge in [0.15, 0.2) is 0 Å². The number of nitrogens with one attached hydrogen (secondary N) is 1. The van der Waals surface area contributed by atoms with E-state index in [1.54, 1.807) is 13.1 Å². The fraction of sp³-hybridized carbons (Fsp3) is 0.390. The van der Waals surface area contributed by atoms with Crippen molar-refractivity contribution in [2.24, 2.45) is 5.41 Å². The molecule has 0 bridgehead atoms. The molecule has 1 unspecified atom stereocenters. The van der Waals surface area contributed by atoms with Gasteiger partial charge in [0.1, 0.15) is 0 Å². The zero-order valence-corrected chi connectivity index (χ0v) is 28.6. The first-order chi connectivity index (χ1) is 22.0. The first-order valence-electron chi connectivity index (χ1n) is 16.9. The maximum atomic E-state index is 10.8. The molecule has 242 valence electrons. The molecule has 3 heterocycles. The van der Waals surface area contributed by atoms with E-state index >= 15 is 0 Å². The van der Waals surface area contributed by atoms with Gasteiger partial charge in [-0.2, -0.15) is 0 Å². The second-order valence-corrected chi connectivity index (χ2v) is 13.8. The number of pyridine rings is 1. The highest BCUT2D eigenvalue weighted by atomic mass is 16.3. The first-order valence-corrected chi connectivity index (χ1v) is 16.9. The predicted molar refractivity (Wildman–Crippen MR) is 194 cm³/mol. The van der Waals surface area contributed by atoms with Crippen LogP contribution in [0.3, 0.4) is 0 Å². The molecule has 2 N–H and O–H groups in total. The maximum Gasteiger partial charge on any atom is 0.0938 e. The van der Waals surface area contributed by atoms with Crippen molar-refractivity contribution in [3.63, 3.8) is 0 Å². The number of fused-ring (bicyclic) bond motifs is 1. The second kappa shape index (κ2) is 14.1. The van der Waals surface area contributed by atoms with Gasteiger partial charge in [-0.15, -0.1) is 6.58 Å². The van der Waals surface area contributed by atoms with Crippen LogP contribution in [0, 0.1) is 12.3 Å². The summed E-state index contributed by atoms with van der Waals surface area (Å²) >= 11 is 0. The number of aliphatic hydroxyl groups is 1. The molecule has 1 fully saturated rings. The van der Waals surface area contributed by atoms with Gasteiger partial charge < -0.3 is 15.1 Å². The minimum Gasteiger partial charge on any atom is -0.387 e. The van der Waals surface area contributed by atoms with Gasteiger partial charge in [-0.3, -0.25) is 9.99 Å². The van der Waals surface area contributed by atoms with Crippen molar-refractivity contribution >= 4 is 10.9 Å². The Labute approximate surface area is 276 Å². The average Bonchev–Trinajstić information content (AvgIpc) is 3.33. The molecule has 0 spiro atoms. The van der Waals surface area contributed by atoms with E-state index in [9.17, 15) is 5.11 Å². The SMILES string of the molecule is C=CCCC(C)(C)Cc1c(-c2cccnc2C(C)O)n(CC)c2ccc(-c3cc(C)cc(CCC(=C)N4CCCC(=C)N4)c3)cc12. The number of aliphatic hydroxyl groups excluding tert-OH is 1. The summed E-state index contributed by atoms with van der Waals surface area (Å²) in [5.74, 6) is 0. The van der Waals surface area contributed by atoms with Crippen LogP contribution in [0.25, 0.3) is 33.3 Å². The number of aromatic nitrogens is 2. The van der Waals surface area contributed by atoms with Gasteiger partial charge in [0.05, 0.1) is 17.5 Å². The van der Waals surface area contributed by atoms with Crippen LogP contribution in [0.5, 0.6) is 0 Å². The molecule has 0 aliphatic carbocycles. The van der Waals surface area contributed by atoms with Gasteiger partial charge in [-0.1, -0.05) is 62.9 Å². The molecule has 2 aromatic heterocycles. The lowest BCUT2D eigenvalue weighted by Gasteiger charge is -2.33. The van der Waals surface area contributed by atoms with E-state index in [1.807, 2.05) is 12.1 Å². The second-order valence-electron chi connectivity index (χ2n) is 13.8. The van der Waals surface area contributed by atoms with Gasteiger partial charge >= 0.3 is 0 Å². The van der Waals surface area contributed by atoms with Crippen LogP contribution in [0.4, 0.5) is 0 Å². The van der Waals surface area contributed by atoms with Gasteiger partial charge in [0.2, 0.25) is 0 Å². The van der Waals surface area contributed by atoms with E-state index in [-0.39, 0.29) is 5.41 Å². The lowest BCUT2D eigenvalue weighted by molar-refractivity contribution is 0.195. The first kappa shape index (κ1) is 33.3. The Kier molecular flexibility index (Phi) is 10.2. The molecule has 0 saturated carbocycles. The van der Waals surface area contributed by atoms with Crippen molar-refractivity contribution in [1.29, 1.82) is 0 Å². The minimum atomic E-state index is -0.664. The fourth-order valence-electron chi connectivity index (χ4n) is 7.02. The van der Waals surface area contributed by atoms with Gasteiger partial charge in [0.25, 0.3) is 0 Å². The number of rotatable bonds is 13. The van der Waals surface area contributed by atoms with Gasteiger partial charge in [-0.05, 0) is 118 Å². The van der Waals surface area contributed by atoms with Crippen molar-refractivity contribution in [3.05, 3.63) is 114 Å². The number of nitrogens with zero attached hydrogens (tertiary/aromatic N) is 3. The van der Waals surface area contributed by atoms with Crippen LogP contribution in [-0.4, -0.2) is 26.2 Å². The predicted octanol–water partition coefficient (Wildman–Crippen LogP) is 9.85. The molecule has 4 aromatic rings. The lowest BCUT2D eigenvalue weighted by atomic mass is 9.80. The largest absolute Gasteiger partial charge is 0.387 e. The molecule has 5 rings (SSSR count). The summed E-state index contributed by atoms with van der Waals surface area (Å²) in [6.07, 6.45) is 10.0. The molecule has 46 heavy (non-hydrogen) atoms. The van der Waals surface area contributed by atoms with E-state index in [0.29, 0.717) is 0 Å². The summed E-state index contributed by atoms with van der Waals surface area (Å²) in [6.45, 7) is 25.2. The Morgan fingerprint density at radius 3 is 2.67 bits per heavy atom. The van der Waals surface area contributed by atoms with Crippen molar-refractivity contribution in [3.8, 4) is 22.4 Å². The Hall–Kier alpha value is -4.09. The van der Waals surface area contributed by atoms with Crippen LogP contribution in [0.15, 0.2) is 91.9 Å². The third-order valence-electron chi connectivity index (χ3n) is 9.36. The number of hydrogen-bond donors (Lipinski definition) is 2. The highest BCUT2D eigenvalue weighted by Crippen LogP contribution is 2.42. The lowest BCUT2D eigenvalue weighted by Crippen LogP contribution is -2.40. The Bertz CT molecular complexity index is 1740. The number of hydrazine groups is 1. The molecule has 0 radical (unpaired) electrons. The normalized spacial score (nSPS) is 14.4. The summed E-state index contributed by atoms with van der Waals surface area (Å²) in [5, 5.41) is 14.2. The van der Waals surface area contributed by atoms with E-state index in [4.69, 9.17) is 0 Å². The van der Waals surface area contributed by atoms with E-state index in [0.717, 1.165) is 80.7 Å². The fourth-order valence-corrected chi connectivity index (χ4v) is 7.02. The molecule has 5 nitrogen and oxygen atoms in total. The van der Waals surface area contributed by atoms with Crippen molar-refractivity contribution in [2.45, 2.75) is 92.2 Å². The van der Waals surface area contributed by atoms with Crippen LogP contribution >= 0.6 is 0 Å². The van der Waals surface area contributed by atoms with Crippen molar-refractivity contribution < 1.29 is 5.11 Å². The van der Waals surface area contributed by atoms with Crippen molar-refractivity contribution in [2.75, 3.05) is 6.54 Å². The van der Waals surface area contributed by atoms with Gasteiger partial charge in [0, 0.05) is 47.1 Å². The molecule has 1 aliphatic rings. The summed E-state index contributed by atoms with van der Waals surface area (Å²) in [7, 11) is 0. The summed E-state index contributed by atoms with van der Waals surface area (Å²) < 4.78 is 2.41. The molecular formula is C41H52N4O. The standard InChI is InChI=1S/C41H52N4O/c1-9-11-20-41(7,8)27-37-36-26-33(18-19-38(36)44(10-2)40(37)35-15-12-21-42-39(35)31(6)46)34-24-28(3)23-32(25-34)17-16-30(5)45-22-13-14-29(4)43-45/h9,12,15,18-19,21,23-26,31,43,46H,1,4-5,10-11,13-14,16-17,20,22,27H2,2-3,6-8H3. The molecule has 1 atom stereocenters. The van der Waals surface area contributed by atoms with Crippen LogP contribution in [-0.2, 0) is 19.4 Å². The monoisotopic (exact) mass is 616 g/mol. The Morgan fingerprint density at radius 1 is 1.15 bits per heavy atom. The van der Waals surface area contributed by atoms with Crippen LogP contribution in [0.1, 0.15) is 88.3 Å². The Morgan fingerprint density at radius 2 is 1.96 bits per heavy atom. The third kappa shape index (κ3) is 7.31. The summed E-state index contributed by atoms with van der Waals surface area (Å²) in [6, 6.07) is 18.0. The van der Waals surface area contributed by atoms with Gasteiger partial charge in [-0.25, -0.2) is 0 Å². The summed E-state index contributed by atoms with van der Waals surface area (Å²) in [5.41, 5.74) is 16.1. The summed E-state index contributed by atoms with van der Waals surface area (Å²) in [4.78, 5) is 4.64. The number of allylic oxidation sites excluding steroid dienone is 3. The van der Waals surface area contributed by atoms with Crippen LogP contribution < -0.4 is 5.43 Å². The smallest absolute Gasteiger partial charge is 0.0938 e. The Balaban J connectivity index is 1.58. The number of aryl methyl sites for hydroxylation is 3. The van der Waals surface area contributed by atoms with E-state index < -0.39 is 6.10 Å². The zero-order valence-electron chi connectivity index (χ0n) is 28.6. The molecular weight excluding hydrogens is 564 g/mol. The molecule has 0 amide bonds. The topological polar surface area (TPSA) is 53.3 Å². The number of benzene rings is 2. The third-order valence-corrected chi connectivity index (χ3v) is 9.36. The van der Waals surface area contributed by atoms with Crippen LogP contribution in [0.2, 0.25) is 0 Å². The maximum absolute atomic E-state index is 10.8. The highest BCUT2D eigenvalue weighted by molar-refractivity contribution is 5.95. The minimum absolute atomic E-state index is 0.0630. The molecule has 2 aromatic carbocycles. The highest BCUT2D eigenvalue weighted by Gasteiger charge is 2.27. The molecule has 1 saturated heterocycles. The number of hydrogen-bond acceptors (Lipinski definition) is 4. The molecule has 1 aliphatic heterocycles. The molecule has 5 heteroatoms. The van der Waals surface area contributed by atoms with E-state index in [2.05, 4.69) is 110 Å². The average molecular weight is 617 g/mol.